The Hall–Kier alpha value is -1.91. The average Bonchev–Trinajstić information content (AvgIpc) is 2.73. The smallest absolute Gasteiger partial charge is 0.408 e. The van der Waals surface area contributed by atoms with Gasteiger partial charge in [0.15, 0.2) is 0 Å². The molecule has 2 N–H and O–H groups in total. The molecule has 1 rings (SSSR count). The molecule has 1 aliphatic heterocycles. The van der Waals surface area contributed by atoms with Gasteiger partial charge < -0.3 is 20.1 Å². The molecule has 138 valence electrons. The monoisotopic (exact) mass is 368 g/mol. The van der Waals surface area contributed by atoms with Crippen LogP contribution in [0.3, 0.4) is 0 Å². The molecule has 2 amide bonds. The first-order valence-corrected chi connectivity index (χ1v) is 8.68. The molecular formula is C13H21FN2O7S. The number of aliphatic carboxylic acids is 1. The van der Waals surface area contributed by atoms with Crippen LogP contribution in [0.25, 0.3) is 0 Å². The standard InChI is InChI=1S/C13H21FN2O7S/c1-13(2,3)23-12(20)15-9(11(18)19)4-5-16-7-8(6-10(16)17)24(14,21)22/h8-9H,4-7H2,1-3H3,(H,15,20)(H,18,19)/t8?,9-/m0/s1. The normalized spacial score (nSPS) is 19.9. The van der Waals surface area contributed by atoms with Crippen molar-refractivity contribution in [3.8, 4) is 0 Å². The van der Waals surface area contributed by atoms with E-state index >= 15 is 0 Å². The van der Waals surface area contributed by atoms with Crippen LogP contribution in [0.4, 0.5) is 8.68 Å². The molecule has 9 nitrogen and oxygen atoms in total. The highest BCUT2D eigenvalue weighted by atomic mass is 32.3. The fraction of sp³-hybridized carbons (Fsp3) is 0.769. The Balaban J connectivity index is 2.60. The number of alkyl carbamates (subject to hydrolysis) is 1. The molecule has 0 aromatic heterocycles. The van der Waals surface area contributed by atoms with Crippen molar-refractivity contribution in [2.45, 2.75) is 50.5 Å². The molecule has 0 aliphatic carbocycles. The van der Waals surface area contributed by atoms with Crippen LogP contribution in [-0.2, 0) is 24.5 Å². The molecule has 0 spiro atoms. The largest absolute Gasteiger partial charge is 0.480 e. The van der Waals surface area contributed by atoms with Gasteiger partial charge in [-0.25, -0.2) is 9.59 Å². The summed E-state index contributed by atoms with van der Waals surface area (Å²) in [5.74, 6) is -1.91. The van der Waals surface area contributed by atoms with Crippen molar-refractivity contribution in [3.05, 3.63) is 0 Å². The fourth-order valence-electron chi connectivity index (χ4n) is 2.13. The summed E-state index contributed by atoms with van der Waals surface area (Å²) >= 11 is 0. The summed E-state index contributed by atoms with van der Waals surface area (Å²) in [6.07, 6.45) is -1.57. The van der Waals surface area contributed by atoms with Crippen LogP contribution in [0.5, 0.6) is 0 Å². The molecule has 1 fully saturated rings. The van der Waals surface area contributed by atoms with E-state index in [1.165, 1.54) is 0 Å². The van der Waals surface area contributed by atoms with Gasteiger partial charge in [-0.05, 0) is 27.2 Å². The molecule has 2 atom stereocenters. The number of halogens is 1. The number of hydrogen-bond acceptors (Lipinski definition) is 6. The summed E-state index contributed by atoms with van der Waals surface area (Å²) in [4.78, 5) is 35.5. The van der Waals surface area contributed by atoms with Gasteiger partial charge in [-0.2, -0.15) is 8.42 Å². The van der Waals surface area contributed by atoms with Crippen LogP contribution in [0.1, 0.15) is 33.6 Å². The first kappa shape index (κ1) is 20.1. The molecule has 1 unspecified atom stereocenters. The number of carboxylic acids is 1. The summed E-state index contributed by atoms with van der Waals surface area (Å²) in [6.45, 7) is 4.38. The number of carboxylic acid groups (broad SMARTS) is 1. The minimum atomic E-state index is -4.83. The molecule has 0 saturated carbocycles. The van der Waals surface area contributed by atoms with Crippen molar-refractivity contribution >= 4 is 28.2 Å². The van der Waals surface area contributed by atoms with E-state index in [9.17, 15) is 26.7 Å². The third kappa shape index (κ3) is 6.30. The van der Waals surface area contributed by atoms with Gasteiger partial charge in [-0.1, -0.05) is 0 Å². The van der Waals surface area contributed by atoms with Crippen LogP contribution in [0.15, 0.2) is 0 Å². The van der Waals surface area contributed by atoms with E-state index in [0.29, 0.717) is 0 Å². The zero-order valence-electron chi connectivity index (χ0n) is 13.6. The van der Waals surface area contributed by atoms with Gasteiger partial charge in [0, 0.05) is 19.5 Å². The maximum atomic E-state index is 12.9. The van der Waals surface area contributed by atoms with E-state index in [0.717, 1.165) is 4.90 Å². The maximum Gasteiger partial charge on any atom is 0.408 e. The van der Waals surface area contributed by atoms with Gasteiger partial charge in [0.05, 0.1) is 0 Å². The van der Waals surface area contributed by atoms with Gasteiger partial charge in [0.25, 0.3) is 0 Å². The molecule has 1 saturated heterocycles. The number of hydrogen-bond donors (Lipinski definition) is 2. The van der Waals surface area contributed by atoms with Crippen LogP contribution < -0.4 is 5.32 Å². The quantitative estimate of drug-likeness (QED) is 0.643. The van der Waals surface area contributed by atoms with Gasteiger partial charge in [0.2, 0.25) is 5.91 Å². The van der Waals surface area contributed by atoms with Crippen molar-refractivity contribution < 1.29 is 36.5 Å². The summed E-state index contributed by atoms with van der Waals surface area (Å²) in [5, 5.41) is 9.84. The van der Waals surface area contributed by atoms with E-state index in [1.54, 1.807) is 20.8 Å². The van der Waals surface area contributed by atoms with Crippen molar-refractivity contribution in [3.63, 3.8) is 0 Å². The molecule has 0 aromatic carbocycles. The minimum Gasteiger partial charge on any atom is -0.480 e. The fourth-order valence-corrected chi connectivity index (χ4v) is 2.83. The van der Waals surface area contributed by atoms with Crippen LogP contribution >= 0.6 is 0 Å². The second kappa shape index (κ2) is 7.32. The van der Waals surface area contributed by atoms with Crippen LogP contribution in [0.2, 0.25) is 0 Å². The molecule has 1 aliphatic rings. The Kier molecular flexibility index (Phi) is 6.15. The third-order valence-electron chi connectivity index (χ3n) is 3.25. The van der Waals surface area contributed by atoms with E-state index in [-0.39, 0.29) is 19.5 Å². The SMILES string of the molecule is CC(C)(C)OC(=O)N[C@@H](CCN1CC(S(=O)(=O)F)CC1=O)C(=O)O. The highest BCUT2D eigenvalue weighted by Crippen LogP contribution is 2.20. The van der Waals surface area contributed by atoms with Crippen LogP contribution in [0, 0.1) is 0 Å². The summed E-state index contributed by atoms with van der Waals surface area (Å²) < 4.78 is 39.5. The Morgan fingerprint density at radius 3 is 2.46 bits per heavy atom. The first-order chi connectivity index (χ1) is 10.8. The number of ether oxygens (including phenoxy) is 1. The predicted molar refractivity (Wildman–Crippen MR) is 80.4 cm³/mol. The third-order valence-corrected chi connectivity index (χ3v) is 4.37. The number of rotatable bonds is 6. The molecule has 0 bridgehead atoms. The minimum absolute atomic E-state index is 0.127. The molecule has 24 heavy (non-hydrogen) atoms. The molecular weight excluding hydrogens is 347 g/mol. The summed E-state index contributed by atoms with van der Waals surface area (Å²) in [5.41, 5.74) is -0.805. The number of likely N-dealkylation sites (tertiary alicyclic amines) is 1. The Bertz CT molecular complexity index is 614. The number of amides is 2. The number of nitrogens with one attached hydrogen (secondary N) is 1. The van der Waals surface area contributed by atoms with Gasteiger partial charge in [0.1, 0.15) is 16.9 Å². The highest BCUT2D eigenvalue weighted by molar-refractivity contribution is 7.87. The summed E-state index contributed by atoms with van der Waals surface area (Å²) in [7, 11) is -4.83. The van der Waals surface area contributed by atoms with Gasteiger partial charge >= 0.3 is 22.3 Å². The molecule has 0 aromatic rings. The van der Waals surface area contributed by atoms with Crippen molar-refractivity contribution in [2.24, 2.45) is 0 Å². The topological polar surface area (TPSA) is 130 Å². The van der Waals surface area contributed by atoms with E-state index in [1.807, 2.05) is 0 Å². The maximum absolute atomic E-state index is 12.9. The van der Waals surface area contributed by atoms with Crippen molar-refractivity contribution in [1.29, 1.82) is 0 Å². The van der Waals surface area contributed by atoms with E-state index in [2.05, 4.69) is 5.32 Å². The van der Waals surface area contributed by atoms with Gasteiger partial charge in [-0.15, -0.1) is 3.89 Å². The van der Waals surface area contributed by atoms with E-state index < -0.39 is 51.5 Å². The van der Waals surface area contributed by atoms with Crippen molar-refractivity contribution in [1.82, 2.24) is 10.2 Å². The van der Waals surface area contributed by atoms with Crippen molar-refractivity contribution in [2.75, 3.05) is 13.1 Å². The van der Waals surface area contributed by atoms with E-state index in [4.69, 9.17) is 9.84 Å². The second-order valence-electron chi connectivity index (χ2n) is 6.47. The molecule has 1 heterocycles. The Morgan fingerprint density at radius 2 is 2.04 bits per heavy atom. The first-order valence-electron chi connectivity index (χ1n) is 7.23. The average molecular weight is 368 g/mol. The number of carbonyl (C=O) groups excluding carboxylic acids is 2. The Labute approximate surface area is 139 Å². The van der Waals surface area contributed by atoms with Gasteiger partial charge in [-0.3, -0.25) is 4.79 Å². The lowest BCUT2D eigenvalue weighted by Gasteiger charge is -2.23. The number of carbonyl (C=O) groups is 3. The second-order valence-corrected chi connectivity index (χ2v) is 8.08. The molecule has 11 heteroatoms. The zero-order chi connectivity index (χ0) is 18.7. The number of nitrogens with zero attached hydrogens (tertiary/aromatic N) is 1. The lowest BCUT2D eigenvalue weighted by atomic mass is 10.2. The lowest BCUT2D eigenvalue weighted by molar-refractivity contribution is -0.140. The highest BCUT2D eigenvalue weighted by Gasteiger charge is 2.38. The summed E-state index contributed by atoms with van der Waals surface area (Å²) in [6, 6.07) is -1.33. The zero-order valence-corrected chi connectivity index (χ0v) is 14.4. The Morgan fingerprint density at radius 1 is 1.46 bits per heavy atom. The lowest BCUT2D eigenvalue weighted by Crippen LogP contribution is -2.45. The predicted octanol–water partition coefficient (Wildman–Crippen LogP) is 0.255. The molecule has 0 radical (unpaired) electrons. The van der Waals surface area contributed by atoms with Crippen LogP contribution in [-0.4, -0.2) is 66.4 Å².